The average molecular weight is 487 g/mol. The number of amides is 1. The Morgan fingerprint density at radius 2 is 2.00 bits per heavy atom. The van der Waals surface area contributed by atoms with Gasteiger partial charge in [-0.2, -0.15) is 5.26 Å². The molecule has 0 atom stereocenters. The maximum Gasteiger partial charge on any atom is 0.248 e. The molecule has 0 spiro atoms. The Kier molecular flexibility index (Phi) is 6.27. The van der Waals surface area contributed by atoms with E-state index in [1.54, 1.807) is 36.5 Å². The smallest absolute Gasteiger partial charge is 0.248 e. The minimum Gasteiger partial charge on any atom is -0.496 e. The maximum atomic E-state index is 15.3. The molecule has 1 aliphatic heterocycles. The highest BCUT2D eigenvalue weighted by atomic mass is 19.1. The van der Waals surface area contributed by atoms with Crippen LogP contribution in [0.5, 0.6) is 5.75 Å². The number of pyridine rings is 1. The van der Waals surface area contributed by atoms with Crippen LogP contribution in [0.25, 0.3) is 33.6 Å². The van der Waals surface area contributed by atoms with Crippen LogP contribution in [0.15, 0.2) is 53.1 Å². The number of nitriles is 1. The third-order valence-corrected chi connectivity index (χ3v) is 6.25. The average Bonchev–Trinajstić information content (AvgIpc) is 3.34. The molecule has 1 fully saturated rings. The van der Waals surface area contributed by atoms with Crippen molar-refractivity contribution in [2.75, 3.05) is 25.6 Å². The predicted molar refractivity (Wildman–Crippen MR) is 132 cm³/mol. The van der Waals surface area contributed by atoms with E-state index in [2.05, 4.69) is 16.4 Å². The minimum atomic E-state index is -0.571. The number of primary amides is 1. The summed E-state index contributed by atoms with van der Waals surface area (Å²) in [5.41, 5.74) is 8.75. The van der Waals surface area contributed by atoms with Gasteiger partial charge < -0.3 is 24.9 Å². The van der Waals surface area contributed by atoms with Crippen molar-refractivity contribution in [2.24, 2.45) is 5.73 Å². The quantitative estimate of drug-likeness (QED) is 0.398. The number of anilines is 1. The molecule has 3 N–H and O–H groups in total. The van der Waals surface area contributed by atoms with E-state index in [-0.39, 0.29) is 17.3 Å². The Hall–Kier alpha value is -4.42. The Bertz CT molecular complexity index is 1500. The van der Waals surface area contributed by atoms with Crippen molar-refractivity contribution >= 4 is 22.7 Å². The summed E-state index contributed by atoms with van der Waals surface area (Å²) < 4.78 is 32.2. The van der Waals surface area contributed by atoms with Gasteiger partial charge in [0.15, 0.2) is 5.58 Å². The maximum absolute atomic E-state index is 15.3. The monoisotopic (exact) mass is 486 g/mol. The first-order valence-electron chi connectivity index (χ1n) is 11.4. The fourth-order valence-corrected chi connectivity index (χ4v) is 4.39. The number of fused-ring (bicyclic) bond motifs is 1. The molecular weight excluding hydrogens is 463 g/mol. The van der Waals surface area contributed by atoms with Crippen LogP contribution in [0, 0.1) is 17.1 Å². The van der Waals surface area contributed by atoms with Gasteiger partial charge in [0.25, 0.3) is 0 Å². The Morgan fingerprint density at radius 3 is 2.72 bits per heavy atom. The van der Waals surface area contributed by atoms with Crippen LogP contribution in [-0.2, 0) is 4.74 Å². The zero-order valence-corrected chi connectivity index (χ0v) is 19.5. The lowest BCUT2D eigenvalue weighted by atomic mass is 10.0. The summed E-state index contributed by atoms with van der Waals surface area (Å²) in [5.74, 6) is -0.223. The summed E-state index contributed by atoms with van der Waals surface area (Å²) in [5, 5.41) is 12.9. The second kappa shape index (κ2) is 9.68. The van der Waals surface area contributed by atoms with Crippen molar-refractivity contribution in [1.29, 1.82) is 5.26 Å². The minimum absolute atomic E-state index is 0.0439. The first kappa shape index (κ1) is 23.3. The molecule has 0 radical (unpaired) electrons. The van der Waals surface area contributed by atoms with Crippen LogP contribution in [0.3, 0.4) is 0 Å². The van der Waals surface area contributed by atoms with Gasteiger partial charge in [-0.1, -0.05) is 0 Å². The van der Waals surface area contributed by atoms with E-state index in [1.165, 1.54) is 19.2 Å². The van der Waals surface area contributed by atoms with Crippen LogP contribution in [0.1, 0.15) is 28.8 Å². The fraction of sp³-hybridized carbons (Fsp3) is 0.222. The van der Waals surface area contributed by atoms with Crippen molar-refractivity contribution in [3.63, 3.8) is 0 Å². The number of nitrogens with two attached hydrogens (primary N) is 1. The number of hydrogen-bond donors (Lipinski definition) is 2. The molecule has 2 aromatic heterocycles. The lowest BCUT2D eigenvalue weighted by molar-refractivity contribution is 0.0903. The van der Waals surface area contributed by atoms with Gasteiger partial charge in [0, 0.05) is 42.6 Å². The SMILES string of the molecule is COc1cc(C(N)=O)ccc1-c1cc2nccc(-c3cc(F)c(NC4CCOCC4)c(C#N)c3)c2o1. The van der Waals surface area contributed by atoms with Gasteiger partial charge in [-0.25, -0.2) is 4.39 Å². The molecule has 0 aliphatic carbocycles. The Morgan fingerprint density at radius 1 is 1.19 bits per heavy atom. The third-order valence-electron chi connectivity index (χ3n) is 6.25. The zero-order valence-electron chi connectivity index (χ0n) is 19.5. The fourth-order valence-electron chi connectivity index (χ4n) is 4.39. The van der Waals surface area contributed by atoms with Gasteiger partial charge >= 0.3 is 0 Å². The highest BCUT2D eigenvalue weighted by molar-refractivity contribution is 5.96. The molecule has 9 heteroatoms. The molecule has 36 heavy (non-hydrogen) atoms. The first-order chi connectivity index (χ1) is 17.5. The van der Waals surface area contributed by atoms with E-state index in [9.17, 15) is 10.1 Å². The van der Waals surface area contributed by atoms with E-state index >= 15 is 4.39 Å². The summed E-state index contributed by atoms with van der Waals surface area (Å²) in [6, 6.07) is 13.4. The largest absolute Gasteiger partial charge is 0.496 e. The van der Waals surface area contributed by atoms with Gasteiger partial charge in [-0.3, -0.25) is 9.78 Å². The summed E-state index contributed by atoms with van der Waals surface area (Å²) >= 11 is 0. The molecule has 2 aromatic carbocycles. The van der Waals surface area contributed by atoms with Crippen LogP contribution < -0.4 is 15.8 Å². The van der Waals surface area contributed by atoms with Crippen molar-refractivity contribution < 1.29 is 23.1 Å². The van der Waals surface area contributed by atoms with Crippen molar-refractivity contribution in [2.45, 2.75) is 18.9 Å². The number of carbonyl (C=O) groups is 1. The number of methoxy groups -OCH3 is 1. The highest BCUT2D eigenvalue weighted by Crippen LogP contribution is 2.38. The van der Waals surface area contributed by atoms with E-state index < -0.39 is 11.7 Å². The zero-order chi connectivity index (χ0) is 25.2. The van der Waals surface area contributed by atoms with Gasteiger partial charge in [-0.15, -0.1) is 0 Å². The normalized spacial score (nSPS) is 13.9. The third kappa shape index (κ3) is 4.34. The molecule has 0 unspecified atom stereocenters. The topological polar surface area (TPSA) is 123 Å². The van der Waals surface area contributed by atoms with Crippen LogP contribution in [-0.4, -0.2) is 37.3 Å². The summed E-state index contributed by atoms with van der Waals surface area (Å²) in [7, 11) is 1.48. The number of nitrogens with one attached hydrogen (secondary N) is 1. The van der Waals surface area contributed by atoms with Crippen LogP contribution >= 0.6 is 0 Å². The van der Waals surface area contributed by atoms with E-state index in [0.717, 1.165) is 12.8 Å². The molecule has 8 nitrogen and oxygen atoms in total. The van der Waals surface area contributed by atoms with E-state index in [0.29, 0.717) is 58.1 Å². The van der Waals surface area contributed by atoms with Crippen molar-refractivity contribution in [3.8, 4) is 34.3 Å². The lowest BCUT2D eigenvalue weighted by Gasteiger charge is -2.25. The molecule has 5 rings (SSSR count). The summed E-state index contributed by atoms with van der Waals surface area (Å²) in [6.07, 6.45) is 3.09. The highest BCUT2D eigenvalue weighted by Gasteiger charge is 2.21. The summed E-state index contributed by atoms with van der Waals surface area (Å²) in [4.78, 5) is 15.9. The number of halogens is 1. The standard InChI is InChI=1S/C27H23FN4O4/c1-34-23-12-15(27(30)33)2-3-20(23)24-13-22-26(36-24)19(4-7-31-22)16-10-17(14-29)25(21(28)11-16)32-18-5-8-35-9-6-18/h2-4,7,10-13,18,32H,5-6,8-9H2,1H3,(H2,30,33). The molecule has 1 amide bonds. The molecule has 4 aromatic rings. The Labute approximate surface area is 206 Å². The molecule has 0 bridgehead atoms. The van der Waals surface area contributed by atoms with Crippen molar-refractivity contribution in [3.05, 3.63) is 65.6 Å². The lowest BCUT2D eigenvalue weighted by Crippen LogP contribution is -2.28. The van der Waals surface area contributed by atoms with Gasteiger partial charge in [0.05, 0.1) is 23.9 Å². The molecule has 1 aliphatic rings. The molecule has 3 heterocycles. The molecule has 182 valence electrons. The second-order valence-corrected chi connectivity index (χ2v) is 8.49. The van der Waals surface area contributed by atoms with E-state index in [4.69, 9.17) is 19.6 Å². The number of rotatable bonds is 6. The Balaban J connectivity index is 1.56. The van der Waals surface area contributed by atoms with Crippen LogP contribution in [0.4, 0.5) is 10.1 Å². The molecular formula is C27H23FN4O4. The van der Waals surface area contributed by atoms with Gasteiger partial charge in [-0.05, 0) is 54.8 Å². The van der Waals surface area contributed by atoms with E-state index in [1.807, 2.05) is 0 Å². The number of nitrogens with zero attached hydrogens (tertiary/aromatic N) is 2. The predicted octanol–water partition coefficient (Wildman–Crippen LogP) is 4.87. The number of carbonyl (C=O) groups excluding carboxylic acids is 1. The first-order valence-corrected chi connectivity index (χ1v) is 11.4. The van der Waals surface area contributed by atoms with Gasteiger partial charge in [0.2, 0.25) is 5.91 Å². The molecule has 1 saturated heterocycles. The number of aromatic nitrogens is 1. The van der Waals surface area contributed by atoms with Crippen LogP contribution in [0.2, 0.25) is 0 Å². The number of furan rings is 1. The summed E-state index contributed by atoms with van der Waals surface area (Å²) in [6.45, 7) is 1.20. The second-order valence-electron chi connectivity index (χ2n) is 8.49. The number of ether oxygens (including phenoxy) is 2. The van der Waals surface area contributed by atoms with Crippen molar-refractivity contribution in [1.82, 2.24) is 4.98 Å². The van der Waals surface area contributed by atoms with Gasteiger partial charge in [0.1, 0.15) is 28.9 Å². The number of benzene rings is 2. The molecule has 0 saturated carbocycles. The number of hydrogen-bond acceptors (Lipinski definition) is 7.